The first kappa shape index (κ1) is 10.1. The second-order valence-electron chi connectivity index (χ2n) is 3.93. The minimum Gasteiger partial charge on any atom is -0.407 e. The Labute approximate surface area is 89.0 Å². The average molecular weight is 205 g/mol. The third kappa shape index (κ3) is 1.85. The van der Waals surface area contributed by atoms with Crippen LogP contribution in [-0.2, 0) is 4.84 Å². The lowest BCUT2D eigenvalue weighted by Gasteiger charge is -2.04. The van der Waals surface area contributed by atoms with Crippen LogP contribution in [0.3, 0.4) is 0 Å². The molecule has 1 unspecified atom stereocenters. The molecule has 1 heterocycles. The highest BCUT2D eigenvalue weighted by Crippen LogP contribution is 2.42. The van der Waals surface area contributed by atoms with Crippen molar-refractivity contribution < 1.29 is 4.84 Å². The summed E-state index contributed by atoms with van der Waals surface area (Å²) in [5.41, 5.74) is 4.85. The van der Waals surface area contributed by atoms with Crippen molar-refractivity contribution >= 4 is 12.4 Å². The second kappa shape index (κ2) is 3.98. The Hall–Kier alpha value is -1.42. The van der Waals surface area contributed by atoms with Crippen LogP contribution in [0, 0.1) is 16.7 Å². The summed E-state index contributed by atoms with van der Waals surface area (Å²) in [6.45, 7) is 2.06. The first-order chi connectivity index (χ1) is 7.27. The molecule has 0 aromatic carbocycles. The van der Waals surface area contributed by atoms with Crippen molar-refractivity contribution in [1.82, 2.24) is 5.48 Å². The van der Waals surface area contributed by atoms with Gasteiger partial charge in [-0.3, -0.25) is 0 Å². The van der Waals surface area contributed by atoms with Crippen molar-refractivity contribution in [2.24, 2.45) is 5.92 Å². The highest BCUT2D eigenvalue weighted by atomic mass is 16.7. The molecule has 0 spiro atoms. The van der Waals surface area contributed by atoms with Gasteiger partial charge in [0, 0.05) is 18.0 Å². The molecular weight excluding hydrogens is 190 g/mol. The second-order valence-corrected chi connectivity index (χ2v) is 3.93. The Morgan fingerprint density at radius 3 is 2.73 bits per heavy atom. The third-order valence-corrected chi connectivity index (χ3v) is 2.76. The van der Waals surface area contributed by atoms with Crippen molar-refractivity contribution in [3.63, 3.8) is 0 Å². The summed E-state index contributed by atoms with van der Waals surface area (Å²) in [7, 11) is 0. The van der Waals surface area contributed by atoms with E-state index in [4.69, 9.17) is 15.7 Å². The van der Waals surface area contributed by atoms with Gasteiger partial charge in [0.05, 0.1) is 6.04 Å². The zero-order valence-corrected chi connectivity index (χ0v) is 8.71. The minimum atomic E-state index is 0.224. The van der Waals surface area contributed by atoms with Gasteiger partial charge in [0.25, 0.3) is 0 Å². The zero-order chi connectivity index (χ0) is 10.8. The van der Waals surface area contributed by atoms with Crippen LogP contribution < -0.4 is 5.48 Å². The van der Waals surface area contributed by atoms with Crippen LogP contribution in [0.15, 0.2) is 23.0 Å². The van der Waals surface area contributed by atoms with Crippen LogP contribution in [0.25, 0.3) is 0 Å². The monoisotopic (exact) mass is 205 g/mol. The molecule has 2 rings (SSSR count). The summed E-state index contributed by atoms with van der Waals surface area (Å²) in [6.07, 6.45) is 6.44. The first-order valence-corrected chi connectivity index (χ1v) is 5.16. The number of rotatable bonds is 4. The molecule has 1 aliphatic heterocycles. The summed E-state index contributed by atoms with van der Waals surface area (Å²) in [5, 5.41) is 14.3. The average Bonchev–Trinajstić information content (AvgIpc) is 2.99. The van der Waals surface area contributed by atoms with Gasteiger partial charge in [0.2, 0.25) is 0 Å². The van der Waals surface area contributed by atoms with E-state index in [-0.39, 0.29) is 6.04 Å². The third-order valence-electron chi connectivity index (χ3n) is 2.76. The predicted molar refractivity (Wildman–Crippen MR) is 59.1 cm³/mol. The molecule has 1 aliphatic carbocycles. The molecule has 4 nitrogen and oxygen atoms in total. The van der Waals surface area contributed by atoms with Crippen molar-refractivity contribution in [2.45, 2.75) is 25.8 Å². The Kier molecular flexibility index (Phi) is 2.68. The van der Waals surface area contributed by atoms with E-state index in [1.807, 2.05) is 0 Å². The van der Waals surface area contributed by atoms with Crippen LogP contribution in [-0.4, -0.2) is 18.5 Å². The van der Waals surface area contributed by atoms with Crippen molar-refractivity contribution in [3.8, 4) is 0 Å². The number of hydrogen-bond donors (Lipinski definition) is 3. The van der Waals surface area contributed by atoms with Crippen LogP contribution >= 0.6 is 0 Å². The van der Waals surface area contributed by atoms with E-state index in [0.717, 1.165) is 5.76 Å². The van der Waals surface area contributed by atoms with E-state index in [1.54, 1.807) is 6.08 Å². The first-order valence-electron chi connectivity index (χ1n) is 5.16. The smallest absolute Gasteiger partial charge is 0.157 e. The molecule has 0 saturated heterocycles. The zero-order valence-electron chi connectivity index (χ0n) is 8.71. The van der Waals surface area contributed by atoms with Gasteiger partial charge >= 0.3 is 0 Å². The van der Waals surface area contributed by atoms with Crippen molar-refractivity contribution in [2.75, 3.05) is 0 Å². The maximum atomic E-state index is 7.31. The molecule has 4 heteroatoms. The van der Waals surface area contributed by atoms with Gasteiger partial charge in [-0.05, 0) is 37.3 Å². The molecule has 3 N–H and O–H groups in total. The molecule has 1 fully saturated rings. The lowest BCUT2D eigenvalue weighted by atomic mass is 10.0. The minimum absolute atomic E-state index is 0.224. The van der Waals surface area contributed by atoms with Crippen LogP contribution in [0.2, 0.25) is 0 Å². The quantitative estimate of drug-likeness (QED) is 0.612. The maximum Gasteiger partial charge on any atom is 0.157 e. The largest absolute Gasteiger partial charge is 0.407 e. The molecule has 0 radical (unpaired) electrons. The van der Waals surface area contributed by atoms with E-state index in [2.05, 4.69) is 12.4 Å². The molecule has 1 atom stereocenters. The number of hydroxylamine groups is 1. The van der Waals surface area contributed by atoms with E-state index in [9.17, 15) is 0 Å². The molecule has 1 saturated carbocycles. The van der Waals surface area contributed by atoms with E-state index in [0.29, 0.717) is 11.5 Å². The van der Waals surface area contributed by atoms with Gasteiger partial charge in [-0.25, -0.2) is 0 Å². The topological polar surface area (TPSA) is 69.0 Å². The van der Waals surface area contributed by atoms with E-state index < -0.39 is 0 Å². The maximum absolute atomic E-state index is 7.31. The summed E-state index contributed by atoms with van der Waals surface area (Å²) < 4.78 is 0. The van der Waals surface area contributed by atoms with Gasteiger partial charge in [0.15, 0.2) is 5.76 Å². The lowest BCUT2D eigenvalue weighted by Crippen LogP contribution is -2.20. The van der Waals surface area contributed by atoms with E-state index >= 15 is 0 Å². The summed E-state index contributed by atoms with van der Waals surface area (Å²) in [6, 6.07) is 0.224. The molecule has 15 heavy (non-hydrogen) atoms. The van der Waals surface area contributed by atoms with Gasteiger partial charge in [-0.15, -0.1) is 5.48 Å². The molecular formula is C11H15N3O. The number of allylic oxidation sites excluding steroid dienone is 2. The highest BCUT2D eigenvalue weighted by molar-refractivity contribution is 5.88. The van der Waals surface area contributed by atoms with Gasteiger partial charge in [-0.2, -0.15) is 0 Å². The Morgan fingerprint density at radius 2 is 2.20 bits per heavy atom. The van der Waals surface area contributed by atoms with Crippen molar-refractivity contribution in [3.05, 3.63) is 23.0 Å². The Bertz CT molecular complexity index is 353. The SMILES string of the molecule is CC1NOC(C(C=N)=CC=N)=C1C1CC1. The molecule has 2 aliphatic rings. The predicted octanol–water partition coefficient (Wildman–Crippen LogP) is 1.80. The Morgan fingerprint density at radius 1 is 1.47 bits per heavy atom. The fourth-order valence-corrected chi connectivity index (χ4v) is 1.90. The summed E-state index contributed by atoms with van der Waals surface area (Å²) in [5.74, 6) is 1.36. The lowest BCUT2D eigenvalue weighted by molar-refractivity contribution is 0.127. The normalized spacial score (nSPS) is 26.5. The molecule has 0 aromatic rings. The molecule has 0 aromatic heterocycles. The Balaban J connectivity index is 2.35. The summed E-state index contributed by atoms with van der Waals surface area (Å²) >= 11 is 0. The standard InChI is InChI=1S/C11H15N3O/c1-7-10(8-2-3-8)11(15-14-7)9(6-13)4-5-12/h4-8,12-14H,2-3H2,1H3. The van der Waals surface area contributed by atoms with Gasteiger partial charge in [-0.1, -0.05) is 0 Å². The number of nitrogens with one attached hydrogen (secondary N) is 3. The fourth-order valence-electron chi connectivity index (χ4n) is 1.90. The number of hydrogen-bond acceptors (Lipinski definition) is 4. The summed E-state index contributed by atoms with van der Waals surface area (Å²) in [4.78, 5) is 5.39. The van der Waals surface area contributed by atoms with Gasteiger partial charge < -0.3 is 15.7 Å². The van der Waals surface area contributed by atoms with E-state index in [1.165, 1.54) is 30.8 Å². The molecule has 0 bridgehead atoms. The fraction of sp³-hybridized carbons (Fsp3) is 0.455. The highest BCUT2D eigenvalue weighted by Gasteiger charge is 2.37. The molecule has 0 amide bonds. The van der Waals surface area contributed by atoms with Crippen LogP contribution in [0.1, 0.15) is 19.8 Å². The van der Waals surface area contributed by atoms with Crippen LogP contribution in [0.5, 0.6) is 0 Å². The van der Waals surface area contributed by atoms with Crippen molar-refractivity contribution in [1.29, 1.82) is 10.8 Å². The molecule has 80 valence electrons. The van der Waals surface area contributed by atoms with Gasteiger partial charge in [0.1, 0.15) is 0 Å². The van der Waals surface area contributed by atoms with Crippen LogP contribution in [0.4, 0.5) is 0 Å².